The van der Waals surface area contributed by atoms with Crippen molar-refractivity contribution in [1.82, 2.24) is 0 Å². The molecule has 13 heavy (non-hydrogen) atoms. The van der Waals surface area contributed by atoms with E-state index in [0.29, 0.717) is 12.3 Å². The van der Waals surface area contributed by atoms with Gasteiger partial charge in [-0.3, -0.25) is 0 Å². The molecule has 0 aromatic rings. The summed E-state index contributed by atoms with van der Waals surface area (Å²) in [5, 5.41) is 0. The van der Waals surface area contributed by atoms with E-state index in [1.54, 1.807) is 6.92 Å². The molecule has 0 N–H and O–H groups in total. The Kier molecular flexibility index (Phi) is 3.76. The molecule has 76 valence electrons. The first-order chi connectivity index (χ1) is 6.13. The highest BCUT2D eigenvalue weighted by molar-refractivity contribution is 5.12. The summed E-state index contributed by atoms with van der Waals surface area (Å²) in [6.45, 7) is 6.62. The molecule has 2 unspecified atom stereocenters. The Balaban J connectivity index is 2.66. The van der Waals surface area contributed by atoms with Crippen molar-refractivity contribution in [3.63, 3.8) is 0 Å². The molecule has 1 heterocycles. The zero-order chi connectivity index (χ0) is 9.84. The molecule has 1 aliphatic rings. The van der Waals surface area contributed by atoms with Crippen LogP contribution < -0.4 is 0 Å². The molecule has 1 rings (SSSR count). The summed E-state index contributed by atoms with van der Waals surface area (Å²) in [5.74, 6) is 1.58. The van der Waals surface area contributed by atoms with Gasteiger partial charge in [-0.2, -0.15) is 0 Å². The number of rotatable bonds is 3. The van der Waals surface area contributed by atoms with Crippen molar-refractivity contribution < 1.29 is 9.13 Å². The van der Waals surface area contributed by atoms with Gasteiger partial charge in [-0.05, 0) is 24.8 Å². The van der Waals surface area contributed by atoms with Gasteiger partial charge in [0.05, 0.1) is 12.4 Å². The zero-order valence-corrected chi connectivity index (χ0v) is 8.77. The van der Waals surface area contributed by atoms with Gasteiger partial charge >= 0.3 is 0 Å². The first-order valence-corrected chi connectivity index (χ1v) is 5.11. The van der Waals surface area contributed by atoms with E-state index < -0.39 is 6.17 Å². The molecule has 0 bridgehead atoms. The topological polar surface area (TPSA) is 9.23 Å². The van der Waals surface area contributed by atoms with Gasteiger partial charge in [-0.25, -0.2) is 4.39 Å². The lowest BCUT2D eigenvalue weighted by molar-refractivity contribution is 0.137. The van der Waals surface area contributed by atoms with Crippen molar-refractivity contribution in [2.75, 3.05) is 6.61 Å². The Labute approximate surface area is 80.0 Å². The number of allylic oxidation sites excluding steroid dienone is 2. The Bertz CT molecular complexity index is 196. The maximum atomic E-state index is 12.8. The first kappa shape index (κ1) is 10.6. The normalized spacial score (nSPS) is 25.7. The van der Waals surface area contributed by atoms with Crippen LogP contribution in [-0.4, -0.2) is 12.8 Å². The van der Waals surface area contributed by atoms with E-state index in [9.17, 15) is 4.39 Å². The third-order valence-corrected chi connectivity index (χ3v) is 2.38. The van der Waals surface area contributed by atoms with E-state index in [1.165, 1.54) is 5.57 Å². The monoisotopic (exact) mass is 186 g/mol. The van der Waals surface area contributed by atoms with Crippen LogP contribution in [-0.2, 0) is 4.74 Å². The van der Waals surface area contributed by atoms with Gasteiger partial charge in [0.2, 0.25) is 0 Å². The van der Waals surface area contributed by atoms with Crippen LogP contribution in [0.3, 0.4) is 0 Å². The average Bonchev–Trinajstić information content (AvgIpc) is 2.03. The van der Waals surface area contributed by atoms with Crippen molar-refractivity contribution in [2.24, 2.45) is 5.92 Å². The summed E-state index contributed by atoms with van der Waals surface area (Å²) in [4.78, 5) is 0. The minimum Gasteiger partial charge on any atom is -0.498 e. The van der Waals surface area contributed by atoms with Gasteiger partial charge in [-0.15, -0.1) is 0 Å². The van der Waals surface area contributed by atoms with Crippen LogP contribution in [0.1, 0.15) is 40.0 Å². The number of hydrogen-bond donors (Lipinski definition) is 0. The quantitative estimate of drug-likeness (QED) is 0.656. The van der Waals surface area contributed by atoms with E-state index in [0.717, 1.165) is 25.2 Å². The molecule has 2 atom stereocenters. The minimum absolute atomic E-state index is 0.545. The second kappa shape index (κ2) is 4.64. The lowest BCUT2D eigenvalue weighted by Crippen LogP contribution is -2.16. The number of alkyl halides is 1. The summed E-state index contributed by atoms with van der Waals surface area (Å²) < 4.78 is 18.4. The van der Waals surface area contributed by atoms with Crippen LogP contribution in [0.15, 0.2) is 11.3 Å². The van der Waals surface area contributed by atoms with Crippen LogP contribution >= 0.6 is 0 Å². The molecule has 0 spiro atoms. The van der Waals surface area contributed by atoms with Crippen LogP contribution in [0.2, 0.25) is 0 Å². The predicted octanol–water partition coefficient (Wildman–Crippen LogP) is 3.46. The largest absolute Gasteiger partial charge is 0.498 e. The third kappa shape index (κ3) is 3.02. The fourth-order valence-electron chi connectivity index (χ4n) is 1.83. The van der Waals surface area contributed by atoms with E-state index in [4.69, 9.17) is 4.74 Å². The van der Waals surface area contributed by atoms with Gasteiger partial charge in [0, 0.05) is 12.8 Å². The molecule has 0 fully saturated rings. The fourth-order valence-corrected chi connectivity index (χ4v) is 1.83. The van der Waals surface area contributed by atoms with Crippen molar-refractivity contribution in [3.05, 3.63) is 11.3 Å². The van der Waals surface area contributed by atoms with E-state index in [2.05, 4.69) is 13.8 Å². The van der Waals surface area contributed by atoms with Crippen LogP contribution in [0.5, 0.6) is 0 Å². The summed E-state index contributed by atoms with van der Waals surface area (Å²) in [6.07, 6.45) is 1.71. The van der Waals surface area contributed by atoms with E-state index in [-0.39, 0.29) is 0 Å². The predicted molar refractivity (Wildman–Crippen MR) is 52.2 cm³/mol. The lowest BCUT2D eigenvalue weighted by Gasteiger charge is -2.25. The maximum Gasteiger partial charge on any atom is 0.101 e. The highest BCUT2D eigenvalue weighted by Gasteiger charge is 2.19. The van der Waals surface area contributed by atoms with E-state index in [1.807, 2.05) is 0 Å². The average molecular weight is 186 g/mol. The highest BCUT2D eigenvalue weighted by Crippen LogP contribution is 2.28. The second-order valence-corrected chi connectivity index (χ2v) is 3.99. The number of hydrogen-bond acceptors (Lipinski definition) is 1. The minimum atomic E-state index is -0.745. The van der Waals surface area contributed by atoms with Crippen LogP contribution in [0, 0.1) is 5.92 Å². The van der Waals surface area contributed by atoms with Gasteiger partial charge in [0.1, 0.15) is 6.17 Å². The first-order valence-electron chi connectivity index (χ1n) is 5.11. The molecule has 0 saturated heterocycles. The van der Waals surface area contributed by atoms with E-state index >= 15 is 0 Å². The van der Waals surface area contributed by atoms with Crippen molar-refractivity contribution in [2.45, 2.75) is 46.2 Å². The molecule has 0 saturated carbocycles. The van der Waals surface area contributed by atoms with Crippen molar-refractivity contribution in [1.29, 1.82) is 0 Å². The van der Waals surface area contributed by atoms with Crippen LogP contribution in [0.25, 0.3) is 0 Å². The summed E-state index contributed by atoms with van der Waals surface area (Å²) in [6, 6.07) is 0. The molecule has 2 heteroatoms. The fraction of sp³-hybridized carbons (Fsp3) is 0.818. The Morgan fingerprint density at radius 2 is 2.31 bits per heavy atom. The Morgan fingerprint density at radius 3 is 2.85 bits per heavy atom. The molecular weight excluding hydrogens is 167 g/mol. The Hall–Kier alpha value is -0.530. The molecule has 0 amide bonds. The van der Waals surface area contributed by atoms with Crippen LogP contribution in [0.4, 0.5) is 4.39 Å². The smallest absolute Gasteiger partial charge is 0.101 e. The number of ether oxygens (including phenoxy) is 1. The Morgan fingerprint density at radius 1 is 1.62 bits per heavy atom. The molecule has 0 aromatic carbocycles. The summed E-state index contributed by atoms with van der Waals surface area (Å²) in [5.41, 5.74) is 1.19. The third-order valence-electron chi connectivity index (χ3n) is 2.38. The molecule has 0 radical (unpaired) electrons. The standard InChI is InChI=1S/C11H19FO/c1-4-11-10(6-9(3)12)5-8(2)7-13-11/h8-9H,4-7H2,1-3H3. The second-order valence-electron chi connectivity index (χ2n) is 3.99. The maximum absolute atomic E-state index is 12.8. The summed E-state index contributed by atoms with van der Waals surface area (Å²) >= 11 is 0. The zero-order valence-electron chi connectivity index (χ0n) is 8.77. The van der Waals surface area contributed by atoms with Gasteiger partial charge in [-0.1, -0.05) is 13.8 Å². The van der Waals surface area contributed by atoms with Crippen molar-refractivity contribution in [3.8, 4) is 0 Å². The lowest BCUT2D eigenvalue weighted by atomic mass is 9.94. The molecule has 1 aliphatic heterocycles. The molecular formula is C11H19FO. The molecule has 0 aliphatic carbocycles. The van der Waals surface area contributed by atoms with Gasteiger partial charge in [0.15, 0.2) is 0 Å². The molecule has 1 nitrogen and oxygen atoms in total. The highest BCUT2D eigenvalue weighted by atomic mass is 19.1. The SMILES string of the molecule is CCC1=C(CC(C)F)CC(C)CO1. The van der Waals surface area contributed by atoms with Gasteiger partial charge < -0.3 is 4.74 Å². The number of halogens is 1. The molecule has 0 aromatic heterocycles. The van der Waals surface area contributed by atoms with Gasteiger partial charge in [0.25, 0.3) is 0 Å². The van der Waals surface area contributed by atoms with Crippen molar-refractivity contribution >= 4 is 0 Å². The summed E-state index contributed by atoms with van der Waals surface area (Å²) in [7, 11) is 0.